The van der Waals surface area contributed by atoms with Crippen molar-refractivity contribution in [1.29, 1.82) is 0 Å². The van der Waals surface area contributed by atoms with Crippen molar-refractivity contribution < 1.29 is 4.79 Å². The van der Waals surface area contributed by atoms with Gasteiger partial charge in [-0.1, -0.05) is 30.3 Å². The van der Waals surface area contributed by atoms with Gasteiger partial charge in [-0.25, -0.2) is 9.55 Å². The van der Waals surface area contributed by atoms with E-state index in [0.717, 1.165) is 10.1 Å². The van der Waals surface area contributed by atoms with Crippen molar-refractivity contribution in [2.75, 3.05) is 11.9 Å². The topological polar surface area (TPSA) is 64.0 Å². The van der Waals surface area contributed by atoms with Gasteiger partial charge in [0.1, 0.15) is 0 Å². The first-order valence-corrected chi connectivity index (χ1v) is 5.72. The molecule has 0 saturated heterocycles. The Hall–Kier alpha value is -2.43. The predicted octanol–water partition coefficient (Wildman–Crippen LogP) is 1.37. The van der Waals surface area contributed by atoms with Crippen molar-refractivity contribution >= 4 is 11.9 Å². The van der Waals surface area contributed by atoms with Crippen molar-refractivity contribution in [3.63, 3.8) is 0 Å². The van der Waals surface area contributed by atoms with Gasteiger partial charge in [0.15, 0.2) is 0 Å². The molecule has 1 aromatic heterocycles. The molecule has 2 aromatic rings. The van der Waals surface area contributed by atoms with Gasteiger partial charge in [-0.2, -0.15) is 0 Å². The number of hydrogen-bond acceptors (Lipinski definition) is 4. The number of fused-ring (bicyclic) bond motifs is 1. The van der Waals surface area contributed by atoms with Gasteiger partial charge in [-0.15, -0.1) is 0 Å². The monoisotopic (exact) mass is 241 g/mol. The Labute approximate surface area is 103 Å². The van der Waals surface area contributed by atoms with Crippen LogP contribution in [0.2, 0.25) is 0 Å². The summed E-state index contributed by atoms with van der Waals surface area (Å²) in [6.07, 6.45) is 0.319. The fourth-order valence-electron chi connectivity index (χ4n) is 1.99. The van der Waals surface area contributed by atoms with Crippen LogP contribution < -0.4 is 10.9 Å². The van der Waals surface area contributed by atoms with E-state index in [1.807, 2.05) is 30.3 Å². The lowest BCUT2D eigenvalue weighted by Crippen LogP contribution is -2.35. The fraction of sp³-hybridized carbons (Fsp3) is 0.154. The van der Waals surface area contributed by atoms with Crippen molar-refractivity contribution in [1.82, 2.24) is 9.55 Å². The van der Waals surface area contributed by atoms with Gasteiger partial charge < -0.3 is 5.32 Å². The number of hydrogen-bond donors (Lipinski definition) is 1. The molecule has 2 heterocycles. The number of carbonyl (C=O) groups is 1. The number of aromatic nitrogens is 2. The van der Waals surface area contributed by atoms with E-state index in [1.54, 1.807) is 0 Å². The predicted molar refractivity (Wildman–Crippen MR) is 67.7 cm³/mol. The zero-order valence-electron chi connectivity index (χ0n) is 9.59. The molecule has 1 aliphatic rings. The molecule has 3 rings (SSSR count). The second-order valence-electron chi connectivity index (χ2n) is 4.08. The summed E-state index contributed by atoms with van der Waals surface area (Å²) in [5.41, 5.74) is 1.10. The smallest absolute Gasteiger partial charge is 0.262 e. The third-order valence-electron chi connectivity index (χ3n) is 2.86. The molecule has 0 saturated carbocycles. The quantitative estimate of drug-likeness (QED) is 0.819. The second kappa shape index (κ2) is 4.10. The summed E-state index contributed by atoms with van der Waals surface area (Å²) in [7, 11) is 0. The highest BCUT2D eigenvalue weighted by molar-refractivity contribution is 5.84. The summed E-state index contributed by atoms with van der Waals surface area (Å²) in [4.78, 5) is 27.9. The number of nitrogens with zero attached hydrogens (tertiary/aromatic N) is 2. The molecular weight excluding hydrogens is 230 g/mol. The Morgan fingerprint density at radius 1 is 1.17 bits per heavy atom. The lowest BCUT2D eigenvalue weighted by molar-refractivity contribution is 0.0897. The highest BCUT2D eigenvalue weighted by atomic mass is 16.2. The minimum absolute atomic E-state index is 0.208. The molecule has 0 spiro atoms. The second-order valence-corrected chi connectivity index (χ2v) is 4.08. The van der Waals surface area contributed by atoms with Crippen LogP contribution >= 0.6 is 0 Å². The molecule has 0 unspecified atom stereocenters. The maximum Gasteiger partial charge on any atom is 0.262 e. The van der Waals surface area contributed by atoms with Crippen LogP contribution in [0.15, 0.2) is 41.2 Å². The van der Waals surface area contributed by atoms with Gasteiger partial charge in [-0.3, -0.25) is 9.59 Å². The van der Waals surface area contributed by atoms with E-state index < -0.39 is 0 Å². The van der Waals surface area contributed by atoms with E-state index in [0.29, 0.717) is 24.6 Å². The Kier molecular flexibility index (Phi) is 2.44. The largest absolute Gasteiger partial charge is 0.355 e. The van der Waals surface area contributed by atoms with Gasteiger partial charge >= 0.3 is 0 Å². The molecule has 0 bridgehead atoms. The molecule has 90 valence electrons. The van der Waals surface area contributed by atoms with Crippen molar-refractivity contribution in [2.24, 2.45) is 0 Å². The van der Waals surface area contributed by atoms with Crippen LogP contribution in [0, 0.1) is 0 Å². The first-order chi connectivity index (χ1) is 8.75. The normalized spacial score (nSPS) is 13.9. The van der Waals surface area contributed by atoms with E-state index in [2.05, 4.69) is 10.3 Å². The molecule has 0 radical (unpaired) electrons. The molecule has 0 fully saturated rings. The van der Waals surface area contributed by atoms with Gasteiger partial charge in [0.25, 0.3) is 5.56 Å². The highest BCUT2D eigenvalue weighted by Crippen LogP contribution is 2.18. The van der Waals surface area contributed by atoms with Gasteiger partial charge in [-0.05, 0) is 0 Å². The molecule has 1 aromatic carbocycles. The van der Waals surface area contributed by atoms with E-state index in [-0.39, 0.29) is 11.5 Å². The average molecular weight is 241 g/mol. The number of carbonyl (C=O) groups excluding carboxylic acids is 1. The lowest BCUT2D eigenvalue weighted by atomic mass is 10.1. The zero-order valence-corrected chi connectivity index (χ0v) is 9.59. The summed E-state index contributed by atoms with van der Waals surface area (Å²) in [6.45, 7) is 0.517. The summed E-state index contributed by atoms with van der Waals surface area (Å²) in [5.74, 6) is 0.124. The van der Waals surface area contributed by atoms with Gasteiger partial charge in [0.05, 0.1) is 5.69 Å². The number of nitrogens with one attached hydrogen (secondary N) is 1. The lowest BCUT2D eigenvalue weighted by Gasteiger charge is -2.17. The molecule has 5 nitrogen and oxygen atoms in total. The van der Waals surface area contributed by atoms with Crippen molar-refractivity contribution in [3.05, 3.63) is 46.8 Å². The molecule has 1 N–H and O–H groups in total. The summed E-state index contributed by atoms with van der Waals surface area (Å²) >= 11 is 0. The Morgan fingerprint density at radius 2 is 1.94 bits per heavy atom. The van der Waals surface area contributed by atoms with Crippen LogP contribution in [-0.2, 0) is 0 Å². The maximum absolute atomic E-state index is 11.9. The van der Waals surface area contributed by atoms with Crippen LogP contribution in [0.25, 0.3) is 11.3 Å². The molecule has 0 aliphatic carbocycles. The Balaban J connectivity index is 2.18. The summed E-state index contributed by atoms with van der Waals surface area (Å²) in [5, 5.41) is 2.98. The maximum atomic E-state index is 11.9. The van der Waals surface area contributed by atoms with Crippen LogP contribution in [-0.4, -0.2) is 22.0 Å². The number of anilines is 1. The average Bonchev–Trinajstić information content (AvgIpc) is 2.39. The van der Waals surface area contributed by atoms with E-state index in [1.165, 1.54) is 6.07 Å². The molecule has 0 amide bonds. The van der Waals surface area contributed by atoms with Crippen LogP contribution in [0.3, 0.4) is 0 Å². The van der Waals surface area contributed by atoms with Crippen LogP contribution in [0.1, 0.15) is 11.2 Å². The summed E-state index contributed by atoms with van der Waals surface area (Å²) in [6, 6.07) is 10.8. The van der Waals surface area contributed by atoms with E-state index >= 15 is 0 Å². The highest BCUT2D eigenvalue weighted by Gasteiger charge is 2.19. The van der Waals surface area contributed by atoms with Crippen LogP contribution in [0.4, 0.5) is 5.95 Å². The minimum Gasteiger partial charge on any atom is -0.355 e. The minimum atomic E-state index is -0.337. The molecular formula is C13H11N3O2. The first kappa shape index (κ1) is 10.7. The van der Waals surface area contributed by atoms with Crippen molar-refractivity contribution in [2.45, 2.75) is 6.42 Å². The van der Waals surface area contributed by atoms with Crippen LogP contribution in [0.5, 0.6) is 0 Å². The molecule has 1 aliphatic heterocycles. The SMILES string of the molecule is O=C1CCNc2nc(-c3ccccc3)cc(=O)n21. The standard InChI is InChI=1S/C13H11N3O2/c17-11-6-7-14-13-15-10(8-12(18)16(11)13)9-4-2-1-3-5-9/h1-5,8H,6-7H2,(H,14,15). The molecule has 5 heteroatoms. The van der Waals surface area contributed by atoms with Crippen molar-refractivity contribution in [3.8, 4) is 11.3 Å². The zero-order chi connectivity index (χ0) is 12.5. The number of rotatable bonds is 1. The van der Waals surface area contributed by atoms with Gasteiger partial charge in [0, 0.05) is 24.6 Å². The van der Waals surface area contributed by atoms with Gasteiger partial charge in [0.2, 0.25) is 11.9 Å². The van der Waals surface area contributed by atoms with E-state index in [9.17, 15) is 9.59 Å². The summed E-state index contributed by atoms with van der Waals surface area (Å²) < 4.78 is 1.09. The third kappa shape index (κ3) is 1.69. The Morgan fingerprint density at radius 3 is 2.72 bits per heavy atom. The fourth-order valence-corrected chi connectivity index (χ4v) is 1.99. The number of benzene rings is 1. The first-order valence-electron chi connectivity index (χ1n) is 5.72. The van der Waals surface area contributed by atoms with E-state index in [4.69, 9.17) is 0 Å². The molecule has 18 heavy (non-hydrogen) atoms. The third-order valence-corrected chi connectivity index (χ3v) is 2.86. The Bertz CT molecular complexity index is 662. The molecule has 0 atom stereocenters.